The van der Waals surface area contributed by atoms with Gasteiger partial charge in [-0.2, -0.15) is 0 Å². The van der Waals surface area contributed by atoms with Crippen molar-refractivity contribution in [1.29, 1.82) is 0 Å². The van der Waals surface area contributed by atoms with Crippen molar-refractivity contribution in [3.8, 4) is 21.9 Å². The van der Waals surface area contributed by atoms with Crippen LogP contribution in [0.3, 0.4) is 0 Å². The number of hydrogen-bond donors (Lipinski definition) is 2. The number of nitrogens with one attached hydrogen (secondary N) is 1. The van der Waals surface area contributed by atoms with Crippen LogP contribution in [0.4, 0.5) is 0 Å². The summed E-state index contributed by atoms with van der Waals surface area (Å²) in [5.74, 6) is 0.824. The second kappa shape index (κ2) is 7.75. The first-order valence-electron chi connectivity index (χ1n) is 9.43. The van der Waals surface area contributed by atoms with E-state index in [0.29, 0.717) is 5.75 Å². The van der Waals surface area contributed by atoms with Crippen molar-refractivity contribution >= 4 is 11.3 Å². The number of hydrogen-bond acceptors (Lipinski definition) is 4. The Morgan fingerprint density at radius 2 is 2.04 bits per heavy atom. The molecule has 0 radical (unpaired) electrons. The van der Waals surface area contributed by atoms with Gasteiger partial charge in [0.15, 0.2) is 11.5 Å². The van der Waals surface area contributed by atoms with E-state index in [-0.39, 0.29) is 11.8 Å². The van der Waals surface area contributed by atoms with Crippen LogP contribution in [0.5, 0.6) is 11.5 Å². The number of fused-ring (bicyclic) bond motifs is 1. The molecule has 2 aromatic carbocycles. The average molecular weight is 380 g/mol. The van der Waals surface area contributed by atoms with Crippen LogP contribution < -0.4 is 10.1 Å². The largest absolute Gasteiger partial charge is 0.504 e. The topological polar surface area (TPSA) is 41.5 Å². The highest BCUT2D eigenvalue weighted by atomic mass is 32.1. The summed E-state index contributed by atoms with van der Waals surface area (Å²) in [6.07, 6.45) is 2.96. The van der Waals surface area contributed by atoms with Gasteiger partial charge in [-0.3, -0.25) is 0 Å². The molecule has 1 unspecified atom stereocenters. The molecule has 0 amide bonds. The second-order valence-corrected chi connectivity index (χ2v) is 8.06. The van der Waals surface area contributed by atoms with Gasteiger partial charge in [0.2, 0.25) is 0 Å². The van der Waals surface area contributed by atoms with Gasteiger partial charge in [0.1, 0.15) is 0 Å². The SMILES string of the molecule is COc1cc2c(c(-c3cc(C)cs3)c1O)C(CCc1ccccc1)NCC2. The number of rotatable bonds is 5. The third kappa shape index (κ3) is 3.60. The van der Waals surface area contributed by atoms with E-state index in [1.54, 1.807) is 18.4 Å². The fraction of sp³-hybridized carbons (Fsp3) is 0.304. The Balaban J connectivity index is 1.76. The smallest absolute Gasteiger partial charge is 0.166 e. The number of thiophene rings is 1. The van der Waals surface area contributed by atoms with Crippen LogP contribution in [-0.2, 0) is 12.8 Å². The highest BCUT2D eigenvalue weighted by Gasteiger charge is 2.28. The van der Waals surface area contributed by atoms with E-state index < -0.39 is 0 Å². The van der Waals surface area contributed by atoms with E-state index in [4.69, 9.17) is 4.74 Å². The van der Waals surface area contributed by atoms with Crippen LogP contribution in [0.1, 0.15) is 34.7 Å². The molecular weight excluding hydrogens is 354 g/mol. The third-order valence-corrected chi connectivity index (χ3v) is 6.35. The summed E-state index contributed by atoms with van der Waals surface area (Å²) in [5.41, 5.74) is 6.01. The lowest BCUT2D eigenvalue weighted by atomic mass is 9.85. The number of ether oxygens (including phenoxy) is 1. The molecule has 0 fully saturated rings. The molecule has 27 heavy (non-hydrogen) atoms. The van der Waals surface area contributed by atoms with E-state index >= 15 is 0 Å². The predicted molar refractivity (Wildman–Crippen MR) is 112 cm³/mol. The van der Waals surface area contributed by atoms with Gasteiger partial charge in [0.25, 0.3) is 0 Å². The maximum atomic E-state index is 11.0. The molecule has 0 spiro atoms. The van der Waals surface area contributed by atoms with Crippen molar-refractivity contribution in [2.24, 2.45) is 0 Å². The minimum atomic E-state index is 0.225. The van der Waals surface area contributed by atoms with E-state index in [9.17, 15) is 5.11 Å². The Hall–Kier alpha value is -2.30. The van der Waals surface area contributed by atoms with Crippen LogP contribution in [0.2, 0.25) is 0 Å². The minimum absolute atomic E-state index is 0.225. The zero-order chi connectivity index (χ0) is 18.8. The van der Waals surface area contributed by atoms with E-state index in [1.807, 2.05) is 6.07 Å². The fourth-order valence-electron chi connectivity index (χ4n) is 3.97. The number of benzene rings is 2. The summed E-state index contributed by atoms with van der Waals surface area (Å²) in [6.45, 7) is 3.04. The summed E-state index contributed by atoms with van der Waals surface area (Å²) in [4.78, 5) is 1.11. The molecule has 1 atom stereocenters. The average Bonchev–Trinajstić information content (AvgIpc) is 3.12. The number of aromatic hydroxyl groups is 1. The molecule has 0 saturated carbocycles. The molecule has 0 saturated heterocycles. The molecule has 1 aliphatic rings. The van der Waals surface area contributed by atoms with Crippen molar-refractivity contribution in [3.63, 3.8) is 0 Å². The van der Waals surface area contributed by atoms with Gasteiger partial charge < -0.3 is 15.2 Å². The van der Waals surface area contributed by atoms with Crippen LogP contribution >= 0.6 is 11.3 Å². The highest BCUT2D eigenvalue weighted by molar-refractivity contribution is 7.13. The van der Waals surface area contributed by atoms with Crippen molar-refractivity contribution in [2.75, 3.05) is 13.7 Å². The summed E-state index contributed by atoms with van der Waals surface area (Å²) >= 11 is 1.68. The Bertz CT molecular complexity index is 933. The van der Waals surface area contributed by atoms with Gasteiger partial charge in [0, 0.05) is 16.5 Å². The van der Waals surface area contributed by atoms with Crippen LogP contribution in [-0.4, -0.2) is 18.8 Å². The van der Waals surface area contributed by atoms with Gasteiger partial charge >= 0.3 is 0 Å². The Morgan fingerprint density at radius 3 is 2.74 bits per heavy atom. The van der Waals surface area contributed by atoms with E-state index in [0.717, 1.165) is 36.2 Å². The first-order chi connectivity index (χ1) is 13.2. The summed E-state index contributed by atoms with van der Waals surface area (Å²) in [7, 11) is 1.62. The molecule has 3 aromatic rings. The van der Waals surface area contributed by atoms with E-state index in [1.165, 1.54) is 22.3 Å². The molecule has 140 valence electrons. The lowest BCUT2D eigenvalue weighted by Crippen LogP contribution is -2.30. The second-order valence-electron chi connectivity index (χ2n) is 7.14. The maximum Gasteiger partial charge on any atom is 0.166 e. The molecule has 0 aliphatic carbocycles. The number of phenolic OH excluding ortho intramolecular Hbond substituents is 1. The van der Waals surface area contributed by atoms with Crippen molar-refractivity contribution < 1.29 is 9.84 Å². The van der Waals surface area contributed by atoms with Gasteiger partial charge in [-0.1, -0.05) is 30.3 Å². The number of methoxy groups -OCH3 is 1. The minimum Gasteiger partial charge on any atom is -0.504 e. The molecule has 3 nitrogen and oxygen atoms in total. The molecule has 1 aliphatic heterocycles. The standard InChI is InChI=1S/C23H25NO2S/c1-15-12-20(27-14-15)22-21-17(13-19(26-2)23(22)25)10-11-24-18(21)9-8-16-6-4-3-5-7-16/h3-7,12-14,18,24-25H,8-11H2,1-2H3. The van der Waals surface area contributed by atoms with E-state index in [2.05, 4.69) is 54.0 Å². The summed E-state index contributed by atoms with van der Waals surface area (Å²) in [5, 5.41) is 16.8. The molecular formula is C23H25NO2S. The Kier molecular flexibility index (Phi) is 5.19. The van der Waals surface area contributed by atoms with Crippen LogP contribution in [0.25, 0.3) is 10.4 Å². The molecule has 2 N–H and O–H groups in total. The molecule has 0 bridgehead atoms. The fourth-order valence-corrected chi connectivity index (χ4v) is 4.93. The zero-order valence-electron chi connectivity index (χ0n) is 15.8. The summed E-state index contributed by atoms with van der Waals surface area (Å²) < 4.78 is 5.48. The third-order valence-electron chi connectivity index (χ3n) is 5.29. The molecule has 2 heterocycles. The van der Waals surface area contributed by atoms with Gasteiger partial charge in [0.05, 0.1) is 7.11 Å². The van der Waals surface area contributed by atoms with Crippen molar-refractivity contribution in [1.82, 2.24) is 5.32 Å². The molecule has 1 aromatic heterocycles. The van der Waals surface area contributed by atoms with Gasteiger partial charge in [-0.05, 0) is 72.5 Å². The van der Waals surface area contributed by atoms with Crippen LogP contribution in [0, 0.1) is 6.92 Å². The summed E-state index contributed by atoms with van der Waals surface area (Å²) in [6, 6.07) is 15.0. The van der Waals surface area contributed by atoms with Crippen molar-refractivity contribution in [2.45, 2.75) is 32.2 Å². The number of phenols is 1. The highest BCUT2D eigenvalue weighted by Crippen LogP contribution is 2.47. The quantitative estimate of drug-likeness (QED) is 0.635. The Labute approximate surface area is 164 Å². The number of aryl methyl sites for hydroxylation is 2. The molecule has 4 rings (SSSR count). The van der Waals surface area contributed by atoms with Gasteiger partial charge in [-0.15, -0.1) is 11.3 Å². The predicted octanol–water partition coefficient (Wildman–Crippen LogP) is 5.26. The maximum absolute atomic E-state index is 11.0. The lowest BCUT2D eigenvalue weighted by molar-refractivity contribution is 0.371. The molecule has 4 heteroatoms. The normalized spacial score (nSPS) is 16.1. The first-order valence-corrected chi connectivity index (χ1v) is 10.3. The van der Waals surface area contributed by atoms with Gasteiger partial charge in [-0.25, -0.2) is 0 Å². The van der Waals surface area contributed by atoms with Crippen molar-refractivity contribution in [3.05, 3.63) is 70.1 Å². The Morgan fingerprint density at radius 1 is 1.22 bits per heavy atom. The first kappa shape index (κ1) is 18.1. The lowest BCUT2D eigenvalue weighted by Gasteiger charge is -2.30. The van der Waals surface area contributed by atoms with Crippen LogP contribution in [0.15, 0.2) is 47.8 Å². The zero-order valence-corrected chi connectivity index (χ0v) is 16.6. The monoisotopic (exact) mass is 379 g/mol.